The molecule has 1 aliphatic heterocycles. The summed E-state index contributed by atoms with van der Waals surface area (Å²) in [5.41, 5.74) is 7.37. The Kier molecular flexibility index (Phi) is 3.37. The molecule has 1 unspecified atom stereocenters. The van der Waals surface area contributed by atoms with Crippen molar-refractivity contribution < 1.29 is 5.11 Å². The number of phenolic OH excluding ortho intramolecular Hbond substituents is 1. The third kappa shape index (κ3) is 2.38. The second-order valence-corrected chi connectivity index (χ2v) is 6.16. The molecule has 0 amide bonds. The Hall–Kier alpha value is -2.01. The molecular weight excluding hydrogens is 330 g/mol. The van der Waals surface area contributed by atoms with Crippen LogP contribution in [0.4, 0.5) is 0 Å². The van der Waals surface area contributed by atoms with Gasteiger partial charge in [-0.2, -0.15) is 0 Å². The van der Waals surface area contributed by atoms with Gasteiger partial charge >= 0.3 is 0 Å². The van der Waals surface area contributed by atoms with Crippen LogP contribution in [0.25, 0.3) is 0 Å². The maximum Gasteiger partial charge on any atom is 0.192 e. The first kappa shape index (κ1) is 13.9. The van der Waals surface area contributed by atoms with Crippen molar-refractivity contribution in [1.82, 2.24) is 4.90 Å². The summed E-state index contributed by atoms with van der Waals surface area (Å²) >= 11 is 3.51. The van der Waals surface area contributed by atoms with Gasteiger partial charge in [0.15, 0.2) is 5.96 Å². The molecule has 4 nitrogen and oxygen atoms in total. The zero-order valence-electron chi connectivity index (χ0n) is 11.6. The number of guanidine groups is 1. The molecule has 21 heavy (non-hydrogen) atoms. The number of halogens is 1. The molecule has 0 fully saturated rings. The molecule has 5 heteroatoms. The van der Waals surface area contributed by atoms with Crippen molar-refractivity contribution >= 4 is 21.9 Å². The lowest BCUT2D eigenvalue weighted by Crippen LogP contribution is -2.34. The number of nitrogens with zero attached hydrogens (tertiary/aromatic N) is 2. The number of hydrogen-bond acceptors (Lipinski definition) is 4. The minimum Gasteiger partial charge on any atom is -0.508 e. The fraction of sp³-hybridized carbons (Fsp3) is 0.188. The summed E-state index contributed by atoms with van der Waals surface area (Å²) in [5.74, 6) is 0.725. The number of rotatable bonds is 2. The number of benzene rings is 2. The molecule has 3 N–H and O–H groups in total. The number of aliphatic imine (C=N–C) groups is 1. The van der Waals surface area contributed by atoms with E-state index in [4.69, 9.17) is 10.7 Å². The molecule has 3 rings (SSSR count). The third-order valence-corrected chi connectivity index (χ3v) is 4.28. The molecule has 0 aromatic heterocycles. The minimum absolute atomic E-state index is 0.227. The van der Waals surface area contributed by atoms with Gasteiger partial charge in [-0.15, -0.1) is 0 Å². The average molecular weight is 346 g/mol. The molecule has 108 valence electrons. The second kappa shape index (κ2) is 5.07. The van der Waals surface area contributed by atoms with Crippen LogP contribution in [0.1, 0.15) is 11.1 Å². The van der Waals surface area contributed by atoms with E-state index in [2.05, 4.69) is 15.9 Å². The molecule has 0 bridgehead atoms. The monoisotopic (exact) mass is 345 g/mol. The molecule has 1 atom stereocenters. The van der Waals surface area contributed by atoms with Gasteiger partial charge in [-0.3, -0.25) is 0 Å². The summed E-state index contributed by atoms with van der Waals surface area (Å²) in [7, 11) is 1.92. The van der Waals surface area contributed by atoms with Crippen LogP contribution < -0.4 is 5.73 Å². The normalized spacial score (nSPS) is 21.4. The average Bonchev–Trinajstić information content (AvgIpc) is 2.76. The highest BCUT2D eigenvalue weighted by Crippen LogP contribution is 2.39. The van der Waals surface area contributed by atoms with Gasteiger partial charge in [0.05, 0.1) is 6.54 Å². The van der Waals surface area contributed by atoms with Crippen LogP contribution in [0.2, 0.25) is 0 Å². The van der Waals surface area contributed by atoms with E-state index in [1.54, 1.807) is 12.1 Å². The number of nitrogens with two attached hydrogens (primary N) is 1. The van der Waals surface area contributed by atoms with E-state index >= 15 is 0 Å². The van der Waals surface area contributed by atoms with Gasteiger partial charge in [0.25, 0.3) is 0 Å². The van der Waals surface area contributed by atoms with Crippen molar-refractivity contribution in [2.75, 3.05) is 13.6 Å². The molecule has 1 aliphatic rings. The molecule has 0 aliphatic carbocycles. The lowest BCUT2D eigenvalue weighted by Gasteiger charge is -2.28. The first-order valence-corrected chi connectivity index (χ1v) is 7.42. The van der Waals surface area contributed by atoms with Crippen LogP contribution in [0.5, 0.6) is 5.75 Å². The Balaban J connectivity index is 2.22. The Morgan fingerprint density at radius 2 is 1.86 bits per heavy atom. The van der Waals surface area contributed by atoms with Crippen LogP contribution in [0.15, 0.2) is 58.0 Å². The highest BCUT2D eigenvalue weighted by atomic mass is 79.9. The maximum atomic E-state index is 9.82. The zero-order chi connectivity index (χ0) is 15.0. The molecule has 0 spiro atoms. The first-order chi connectivity index (χ1) is 10.0. The summed E-state index contributed by atoms with van der Waals surface area (Å²) in [6.07, 6.45) is 0. The van der Waals surface area contributed by atoms with Gasteiger partial charge in [-0.1, -0.05) is 40.2 Å². The summed E-state index contributed by atoms with van der Waals surface area (Å²) in [6, 6.07) is 15.2. The Morgan fingerprint density at radius 3 is 2.43 bits per heavy atom. The zero-order valence-corrected chi connectivity index (χ0v) is 13.2. The van der Waals surface area contributed by atoms with Crippen LogP contribution in [0, 0.1) is 0 Å². The quantitative estimate of drug-likeness (QED) is 0.879. The van der Waals surface area contributed by atoms with E-state index < -0.39 is 5.54 Å². The smallest absolute Gasteiger partial charge is 0.192 e. The van der Waals surface area contributed by atoms with E-state index in [1.165, 1.54) is 0 Å². The third-order valence-electron chi connectivity index (χ3n) is 3.79. The molecule has 2 aromatic carbocycles. The van der Waals surface area contributed by atoms with E-state index in [0.717, 1.165) is 15.6 Å². The lowest BCUT2D eigenvalue weighted by molar-refractivity contribution is 0.428. The Bertz CT molecular complexity index is 669. The summed E-state index contributed by atoms with van der Waals surface area (Å²) in [5, 5.41) is 9.82. The predicted molar refractivity (Wildman–Crippen MR) is 87.3 cm³/mol. The highest BCUT2D eigenvalue weighted by molar-refractivity contribution is 9.10. The van der Waals surface area contributed by atoms with Crippen molar-refractivity contribution in [3.63, 3.8) is 0 Å². The Labute approximate surface area is 132 Å². The second-order valence-electron chi connectivity index (χ2n) is 5.25. The number of phenols is 1. The van der Waals surface area contributed by atoms with E-state index in [1.807, 2.05) is 48.3 Å². The van der Waals surface area contributed by atoms with Crippen LogP contribution in [-0.2, 0) is 5.54 Å². The van der Waals surface area contributed by atoms with Gasteiger partial charge in [0.2, 0.25) is 0 Å². The fourth-order valence-corrected chi connectivity index (χ4v) is 3.13. The van der Waals surface area contributed by atoms with Gasteiger partial charge in [-0.05, 0) is 35.4 Å². The van der Waals surface area contributed by atoms with Crippen molar-refractivity contribution in [2.45, 2.75) is 5.54 Å². The molecular formula is C16H16BrN3O. The first-order valence-electron chi connectivity index (χ1n) is 6.63. The van der Waals surface area contributed by atoms with Crippen LogP contribution >= 0.6 is 15.9 Å². The highest BCUT2D eigenvalue weighted by Gasteiger charge is 2.41. The van der Waals surface area contributed by atoms with E-state index in [9.17, 15) is 5.11 Å². The topological polar surface area (TPSA) is 61.8 Å². The summed E-state index contributed by atoms with van der Waals surface area (Å²) in [4.78, 5) is 6.63. The molecule has 0 saturated heterocycles. The standard InChI is InChI=1S/C16H16BrN3O/c1-20-10-16(19-15(20)18,11-4-2-6-13(17)8-11)12-5-3-7-14(21)9-12/h2-9,21H,10H2,1H3,(H2,18,19). The van der Waals surface area contributed by atoms with Gasteiger partial charge in [-0.25, -0.2) is 4.99 Å². The van der Waals surface area contributed by atoms with Gasteiger partial charge in [0, 0.05) is 11.5 Å². The van der Waals surface area contributed by atoms with Crippen molar-refractivity contribution in [3.05, 3.63) is 64.1 Å². The van der Waals surface area contributed by atoms with Crippen molar-refractivity contribution in [1.29, 1.82) is 0 Å². The fourth-order valence-electron chi connectivity index (χ4n) is 2.73. The number of likely N-dealkylation sites (N-methyl/N-ethyl adjacent to an activating group) is 1. The maximum absolute atomic E-state index is 9.82. The molecule has 2 aromatic rings. The largest absolute Gasteiger partial charge is 0.508 e. The Morgan fingerprint density at radius 1 is 1.19 bits per heavy atom. The van der Waals surface area contributed by atoms with E-state index in [-0.39, 0.29) is 5.75 Å². The van der Waals surface area contributed by atoms with Crippen LogP contribution in [0.3, 0.4) is 0 Å². The summed E-state index contributed by atoms with van der Waals surface area (Å²) < 4.78 is 0.989. The summed E-state index contributed by atoms with van der Waals surface area (Å²) in [6.45, 7) is 0.638. The lowest BCUT2D eigenvalue weighted by atomic mass is 9.83. The van der Waals surface area contributed by atoms with Crippen LogP contribution in [-0.4, -0.2) is 29.6 Å². The molecule has 0 saturated carbocycles. The number of hydrogen-bond donors (Lipinski definition) is 2. The number of aromatic hydroxyl groups is 1. The predicted octanol–water partition coefficient (Wildman–Crippen LogP) is 2.66. The van der Waals surface area contributed by atoms with Crippen molar-refractivity contribution in [2.24, 2.45) is 10.7 Å². The van der Waals surface area contributed by atoms with Crippen molar-refractivity contribution in [3.8, 4) is 5.75 Å². The van der Waals surface area contributed by atoms with Gasteiger partial charge < -0.3 is 15.7 Å². The van der Waals surface area contributed by atoms with E-state index in [0.29, 0.717) is 12.5 Å². The minimum atomic E-state index is -0.596. The molecule has 1 heterocycles. The van der Waals surface area contributed by atoms with Gasteiger partial charge in [0.1, 0.15) is 11.3 Å². The SMILES string of the molecule is CN1CC(c2cccc(O)c2)(c2cccc(Br)c2)N=C1N. The molecule has 0 radical (unpaired) electrons.